The van der Waals surface area contributed by atoms with Crippen molar-refractivity contribution in [2.75, 3.05) is 26.7 Å². The third-order valence-electron chi connectivity index (χ3n) is 5.36. The van der Waals surface area contributed by atoms with Crippen molar-refractivity contribution in [1.82, 2.24) is 9.80 Å². The van der Waals surface area contributed by atoms with Crippen LogP contribution in [0.5, 0.6) is 0 Å². The standard InChI is InChI=1S/C15H27N3OS/c1-4-15(2,13(16)20)14(19)18-9-7-12-11(10-18)6-5-8-17(12)3/h11-12H,4-10H2,1-3H3,(H2,16,20). The van der Waals surface area contributed by atoms with E-state index in [2.05, 4.69) is 11.9 Å². The Balaban J connectivity index is 2.08. The number of hydrogen-bond acceptors (Lipinski definition) is 3. The van der Waals surface area contributed by atoms with Gasteiger partial charge in [-0.1, -0.05) is 19.1 Å². The topological polar surface area (TPSA) is 49.6 Å². The summed E-state index contributed by atoms with van der Waals surface area (Å²) in [5.74, 6) is 0.734. The molecule has 2 saturated heterocycles. The van der Waals surface area contributed by atoms with Crippen LogP contribution < -0.4 is 5.73 Å². The largest absolute Gasteiger partial charge is 0.392 e. The quantitative estimate of drug-likeness (QED) is 0.805. The Labute approximate surface area is 127 Å². The molecule has 3 atom stereocenters. The number of hydrogen-bond donors (Lipinski definition) is 1. The number of fused-ring (bicyclic) bond motifs is 1. The van der Waals surface area contributed by atoms with Gasteiger partial charge in [0.05, 0.1) is 10.4 Å². The smallest absolute Gasteiger partial charge is 0.235 e. The predicted octanol–water partition coefficient (Wildman–Crippen LogP) is 1.63. The van der Waals surface area contributed by atoms with Crippen LogP contribution in [0.15, 0.2) is 0 Å². The highest BCUT2D eigenvalue weighted by atomic mass is 32.1. The first-order valence-corrected chi connectivity index (χ1v) is 8.10. The maximum Gasteiger partial charge on any atom is 0.235 e. The second-order valence-electron chi connectivity index (χ2n) is 6.54. The van der Waals surface area contributed by atoms with E-state index in [1.807, 2.05) is 18.7 Å². The summed E-state index contributed by atoms with van der Waals surface area (Å²) < 4.78 is 0. The van der Waals surface area contributed by atoms with Gasteiger partial charge >= 0.3 is 0 Å². The zero-order chi connectivity index (χ0) is 14.9. The van der Waals surface area contributed by atoms with E-state index < -0.39 is 5.41 Å². The molecule has 0 radical (unpaired) electrons. The van der Waals surface area contributed by atoms with Crippen LogP contribution in [0.2, 0.25) is 0 Å². The molecule has 4 nitrogen and oxygen atoms in total. The zero-order valence-corrected chi connectivity index (χ0v) is 13.7. The number of carbonyl (C=O) groups excluding carboxylic acids is 1. The molecule has 0 aromatic heterocycles. The summed E-state index contributed by atoms with van der Waals surface area (Å²) in [6.07, 6.45) is 4.21. The molecule has 2 heterocycles. The number of amides is 1. The molecule has 0 spiro atoms. The van der Waals surface area contributed by atoms with Crippen molar-refractivity contribution in [2.24, 2.45) is 17.1 Å². The number of carbonyl (C=O) groups is 1. The van der Waals surface area contributed by atoms with E-state index in [1.54, 1.807) is 0 Å². The van der Waals surface area contributed by atoms with Gasteiger partial charge in [-0.15, -0.1) is 0 Å². The molecule has 5 heteroatoms. The maximum atomic E-state index is 12.8. The minimum atomic E-state index is -0.678. The van der Waals surface area contributed by atoms with Crippen LogP contribution in [0, 0.1) is 11.3 Å². The first-order valence-electron chi connectivity index (χ1n) is 7.69. The molecule has 20 heavy (non-hydrogen) atoms. The Bertz CT molecular complexity index is 401. The average Bonchev–Trinajstić information content (AvgIpc) is 2.45. The molecule has 1 amide bonds. The van der Waals surface area contributed by atoms with Crippen LogP contribution in [0.1, 0.15) is 39.5 Å². The molecule has 0 bridgehead atoms. The molecule has 0 aromatic carbocycles. The van der Waals surface area contributed by atoms with Gasteiger partial charge in [-0.25, -0.2) is 0 Å². The van der Waals surface area contributed by atoms with Gasteiger partial charge in [0.15, 0.2) is 0 Å². The minimum absolute atomic E-state index is 0.124. The van der Waals surface area contributed by atoms with Crippen LogP contribution in [0.3, 0.4) is 0 Å². The zero-order valence-electron chi connectivity index (χ0n) is 12.9. The van der Waals surface area contributed by atoms with Crippen LogP contribution in [0.25, 0.3) is 0 Å². The van der Waals surface area contributed by atoms with E-state index in [0.717, 1.165) is 19.5 Å². The van der Waals surface area contributed by atoms with Crippen LogP contribution in [0.4, 0.5) is 0 Å². The maximum absolute atomic E-state index is 12.8. The Kier molecular flexibility index (Phi) is 4.69. The number of likely N-dealkylation sites (tertiary alicyclic amines) is 2. The van der Waals surface area contributed by atoms with Crippen molar-refractivity contribution in [1.29, 1.82) is 0 Å². The predicted molar refractivity (Wildman–Crippen MR) is 85.5 cm³/mol. The lowest BCUT2D eigenvalue weighted by Gasteiger charge is -2.47. The normalized spacial score (nSPS) is 30.4. The van der Waals surface area contributed by atoms with E-state index in [0.29, 0.717) is 23.4 Å². The van der Waals surface area contributed by atoms with Gasteiger partial charge in [-0.05, 0) is 52.1 Å². The van der Waals surface area contributed by atoms with E-state index in [4.69, 9.17) is 18.0 Å². The van der Waals surface area contributed by atoms with Crippen molar-refractivity contribution < 1.29 is 4.79 Å². The highest BCUT2D eigenvalue weighted by Crippen LogP contribution is 2.33. The van der Waals surface area contributed by atoms with Crippen LogP contribution in [-0.2, 0) is 4.79 Å². The Morgan fingerprint density at radius 2 is 2.10 bits per heavy atom. The van der Waals surface area contributed by atoms with Crippen molar-refractivity contribution in [2.45, 2.75) is 45.6 Å². The molecule has 114 valence electrons. The SMILES string of the molecule is CCC(C)(C(=O)N1CCC2C(CCCN2C)C1)C(N)=S. The lowest BCUT2D eigenvalue weighted by molar-refractivity contribution is -0.141. The Morgan fingerprint density at radius 3 is 2.70 bits per heavy atom. The molecule has 0 aromatic rings. The lowest BCUT2D eigenvalue weighted by atomic mass is 9.81. The van der Waals surface area contributed by atoms with Gasteiger partial charge in [-0.3, -0.25) is 4.79 Å². The highest BCUT2D eigenvalue weighted by molar-refractivity contribution is 7.80. The van der Waals surface area contributed by atoms with Gasteiger partial charge in [0.25, 0.3) is 0 Å². The number of piperidine rings is 2. The third kappa shape index (κ3) is 2.70. The fourth-order valence-corrected chi connectivity index (χ4v) is 3.85. The number of thiocarbonyl (C=S) groups is 1. The summed E-state index contributed by atoms with van der Waals surface area (Å²) >= 11 is 5.13. The Hall–Kier alpha value is -0.680. The van der Waals surface area contributed by atoms with Gasteiger partial charge < -0.3 is 15.5 Å². The number of rotatable bonds is 3. The Morgan fingerprint density at radius 1 is 1.40 bits per heavy atom. The fraction of sp³-hybridized carbons (Fsp3) is 0.867. The second kappa shape index (κ2) is 5.98. The van der Waals surface area contributed by atoms with E-state index in [9.17, 15) is 4.79 Å². The van der Waals surface area contributed by atoms with Gasteiger partial charge in [0.1, 0.15) is 0 Å². The molecule has 2 aliphatic heterocycles. The second-order valence-corrected chi connectivity index (χ2v) is 6.98. The molecule has 0 saturated carbocycles. The highest BCUT2D eigenvalue weighted by Gasteiger charge is 2.42. The summed E-state index contributed by atoms with van der Waals surface area (Å²) in [5, 5.41) is 0. The van der Waals surface area contributed by atoms with Crippen LogP contribution in [-0.4, -0.2) is 53.4 Å². The van der Waals surface area contributed by atoms with E-state index >= 15 is 0 Å². The van der Waals surface area contributed by atoms with Crippen molar-refractivity contribution >= 4 is 23.1 Å². The molecule has 2 fully saturated rings. The summed E-state index contributed by atoms with van der Waals surface area (Å²) in [7, 11) is 2.21. The fourth-order valence-electron chi connectivity index (χ4n) is 3.62. The van der Waals surface area contributed by atoms with Crippen molar-refractivity contribution in [3.05, 3.63) is 0 Å². The number of nitrogens with two attached hydrogens (primary N) is 1. The van der Waals surface area contributed by atoms with Crippen molar-refractivity contribution in [3.63, 3.8) is 0 Å². The van der Waals surface area contributed by atoms with Gasteiger partial charge in [0.2, 0.25) is 5.91 Å². The molecular weight excluding hydrogens is 270 g/mol. The molecular formula is C15H27N3OS. The molecule has 2 rings (SSSR count). The van der Waals surface area contributed by atoms with Gasteiger partial charge in [-0.2, -0.15) is 0 Å². The monoisotopic (exact) mass is 297 g/mol. The third-order valence-corrected chi connectivity index (χ3v) is 5.81. The first-order chi connectivity index (χ1) is 9.40. The van der Waals surface area contributed by atoms with Gasteiger partial charge in [0, 0.05) is 19.1 Å². The molecule has 2 aliphatic rings. The first kappa shape index (κ1) is 15.7. The molecule has 0 aliphatic carbocycles. The molecule has 2 N–H and O–H groups in total. The summed E-state index contributed by atoms with van der Waals surface area (Å²) in [6, 6.07) is 0.644. The van der Waals surface area contributed by atoms with Crippen LogP contribution >= 0.6 is 12.2 Å². The lowest BCUT2D eigenvalue weighted by Crippen LogP contribution is -2.57. The summed E-state index contributed by atoms with van der Waals surface area (Å²) in [4.78, 5) is 17.6. The summed E-state index contributed by atoms with van der Waals surface area (Å²) in [6.45, 7) is 6.76. The van der Waals surface area contributed by atoms with E-state index in [1.165, 1.54) is 19.4 Å². The summed E-state index contributed by atoms with van der Waals surface area (Å²) in [5.41, 5.74) is 5.14. The average molecular weight is 297 g/mol. The number of nitrogens with zero attached hydrogens (tertiary/aromatic N) is 2. The molecule has 3 unspecified atom stereocenters. The van der Waals surface area contributed by atoms with E-state index in [-0.39, 0.29) is 5.91 Å². The van der Waals surface area contributed by atoms with Crippen molar-refractivity contribution in [3.8, 4) is 0 Å². The minimum Gasteiger partial charge on any atom is -0.392 e.